The van der Waals surface area contributed by atoms with E-state index in [4.69, 9.17) is 14.9 Å². The molecule has 8 rings (SSSR count). The zero-order valence-electron chi connectivity index (χ0n) is 48.7. The lowest BCUT2D eigenvalue weighted by Gasteiger charge is -2.31. The molecule has 0 atom stereocenters. The van der Waals surface area contributed by atoms with E-state index in [1.807, 2.05) is 100 Å². The third-order valence-corrected chi connectivity index (χ3v) is 14.6. The lowest BCUT2D eigenvalue weighted by molar-refractivity contribution is -0.385. The second kappa shape index (κ2) is 31.9. The number of benzene rings is 8. The van der Waals surface area contributed by atoms with Gasteiger partial charge in [0.1, 0.15) is 29.6 Å². The molecule has 0 heterocycles. The highest BCUT2D eigenvalue weighted by Gasteiger charge is 2.31. The molecule has 0 bridgehead atoms. The second-order valence-corrected chi connectivity index (χ2v) is 20.3. The standard InChI is InChI=1S/C33H34N4O6.C17H18O4.C16H18N4O3/c1-3-36(28-12-8-26(9-13-28)34-35-27-10-14-29(15-11-27)37(41)42)22-23-43-32(40)20-21-33(2,24-4-16-30(38)17-5-24)25-6-18-31(39)19-7-25;1-17(11-10-16(20)21,12-2-6-14(18)7-3-12)13-4-8-15(19)9-5-13;1-2-19(11-12-21)15-7-3-13(4-8-15)17-18-14-5-9-16(10-6-14)20(22)23/h4-19,38-39H,3,20-23H2,1-2H3;2-9,18-19H,10-11H2,1H3,(H,20,21);3-10,21H,2,11-12H2,1H3. The fourth-order valence-corrected chi connectivity index (χ4v) is 9.31. The largest absolute Gasteiger partial charge is 0.508 e. The van der Waals surface area contributed by atoms with Crippen LogP contribution < -0.4 is 9.80 Å². The number of non-ortho nitro benzene ring substituents is 2. The Bertz CT molecular complexity index is 3440. The zero-order valence-corrected chi connectivity index (χ0v) is 48.7. The summed E-state index contributed by atoms with van der Waals surface area (Å²) >= 11 is 0. The summed E-state index contributed by atoms with van der Waals surface area (Å²) in [4.78, 5) is 48.3. The maximum atomic E-state index is 12.8. The van der Waals surface area contributed by atoms with Crippen LogP contribution in [0.3, 0.4) is 0 Å². The first kappa shape index (κ1) is 65.6. The van der Waals surface area contributed by atoms with Crippen LogP contribution in [0.5, 0.6) is 23.0 Å². The molecule has 0 aromatic heterocycles. The summed E-state index contributed by atoms with van der Waals surface area (Å²) in [6, 6.07) is 54.1. The number of ether oxygens (including phenoxy) is 1. The van der Waals surface area contributed by atoms with Crippen LogP contribution in [0.1, 0.15) is 75.6 Å². The molecule has 6 N–H and O–H groups in total. The fourth-order valence-electron chi connectivity index (χ4n) is 9.31. The minimum atomic E-state index is -0.848. The number of nitrogens with zero attached hydrogens (tertiary/aromatic N) is 8. The number of azo groups is 2. The highest BCUT2D eigenvalue weighted by molar-refractivity contribution is 5.70. The van der Waals surface area contributed by atoms with E-state index in [9.17, 15) is 50.2 Å². The quantitative estimate of drug-likeness (QED) is 0.0134. The smallest absolute Gasteiger partial charge is 0.305 e. The number of aliphatic carboxylic acids is 1. The van der Waals surface area contributed by atoms with Crippen molar-refractivity contribution in [1.82, 2.24) is 0 Å². The molecule has 452 valence electrons. The molecule has 0 fully saturated rings. The highest BCUT2D eigenvalue weighted by Crippen LogP contribution is 2.40. The Labute approximate surface area is 503 Å². The molecule has 8 aromatic carbocycles. The summed E-state index contributed by atoms with van der Waals surface area (Å²) in [6.45, 7) is 11.0. The van der Waals surface area contributed by atoms with Crippen molar-refractivity contribution in [3.05, 3.63) is 237 Å². The van der Waals surface area contributed by atoms with Crippen LogP contribution in [0.2, 0.25) is 0 Å². The summed E-state index contributed by atoms with van der Waals surface area (Å²) in [5.74, 6) is -0.480. The second-order valence-electron chi connectivity index (χ2n) is 20.3. The Balaban J connectivity index is 0.000000230. The molecule has 0 saturated carbocycles. The summed E-state index contributed by atoms with van der Waals surface area (Å²) in [5, 5.41) is 94.2. The van der Waals surface area contributed by atoms with Gasteiger partial charge in [0, 0.05) is 78.9 Å². The number of phenolic OH excluding ortho intramolecular Hbond substituents is 4. The number of esters is 1. The van der Waals surface area contributed by atoms with Gasteiger partial charge in [-0.15, -0.1) is 0 Å². The van der Waals surface area contributed by atoms with E-state index in [0.29, 0.717) is 55.2 Å². The first-order valence-electron chi connectivity index (χ1n) is 27.9. The number of likely N-dealkylation sites (N-methyl/N-ethyl adjacent to an activating group) is 2. The molecule has 0 radical (unpaired) electrons. The Hall–Kier alpha value is -10.5. The van der Waals surface area contributed by atoms with E-state index in [1.165, 1.54) is 36.4 Å². The number of carbonyl (C=O) groups excluding carboxylic acids is 1. The van der Waals surface area contributed by atoms with Gasteiger partial charge >= 0.3 is 11.9 Å². The van der Waals surface area contributed by atoms with Gasteiger partial charge in [0.2, 0.25) is 0 Å². The number of nitro benzene ring substituents is 2. The first-order valence-corrected chi connectivity index (χ1v) is 27.9. The zero-order chi connectivity index (χ0) is 62.9. The van der Waals surface area contributed by atoms with Gasteiger partial charge in [0.15, 0.2) is 0 Å². The van der Waals surface area contributed by atoms with Crippen molar-refractivity contribution in [3.63, 3.8) is 0 Å². The van der Waals surface area contributed by atoms with Crippen molar-refractivity contribution in [1.29, 1.82) is 0 Å². The number of hydrogen-bond acceptors (Lipinski definition) is 18. The summed E-state index contributed by atoms with van der Waals surface area (Å²) in [6.07, 6.45) is 1.14. The predicted molar refractivity (Wildman–Crippen MR) is 333 cm³/mol. The van der Waals surface area contributed by atoms with Gasteiger partial charge in [-0.2, -0.15) is 20.5 Å². The van der Waals surface area contributed by atoms with E-state index in [1.54, 1.807) is 84.9 Å². The first-order chi connectivity index (χ1) is 41.7. The molecule has 0 spiro atoms. The topological polar surface area (TPSA) is 307 Å². The van der Waals surface area contributed by atoms with Gasteiger partial charge in [-0.25, -0.2) is 0 Å². The molecule has 0 amide bonds. The number of anilines is 2. The van der Waals surface area contributed by atoms with E-state index in [-0.39, 0.29) is 66.4 Å². The monoisotopic (exact) mass is 1180 g/mol. The minimum absolute atomic E-state index is 0.00437. The Morgan fingerprint density at radius 2 is 0.747 bits per heavy atom. The molecule has 8 aromatic rings. The van der Waals surface area contributed by atoms with E-state index in [0.717, 1.165) is 40.2 Å². The lowest BCUT2D eigenvalue weighted by atomic mass is 9.73. The number of nitro groups is 2. The van der Waals surface area contributed by atoms with Gasteiger partial charge in [-0.1, -0.05) is 62.4 Å². The normalized spacial score (nSPS) is 11.2. The fraction of sp³-hybridized carbons (Fsp3) is 0.242. The van der Waals surface area contributed by atoms with Crippen molar-refractivity contribution in [3.8, 4) is 23.0 Å². The van der Waals surface area contributed by atoms with Crippen LogP contribution in [-0.2, 0) is 25.2 Å². The molecule has 0 aliphatic heterocycles. The van der Waals surface area contributed by atoms with Crippen LogP contribution in [-0.4, -0.2) is 91.8 Å². The number of aliphatic hydroxyl groups excluding tert-OH is 1. The van der Waals surface area contributed by atoms with Crippen molar-refractivity contribution in [2.45, 2.75) is 64.2 Å². The lowest BCUT2D eigenvalue weighted by Crippen LogP contribution is -2.29. The summed E-state index contributed by atoms with van der Waals surface area (Å²) in [7, 11) is 0. The van der Waals surface area contributed by atoms with E-state index in [2.05, 4.69) is 30.3 Å². The van der Waals surface area contributed by atoms with Gasteiger partial charge in [0.05, 0.1) is 45.7 Å². The van der Waals surface area contributed by atoms with Crippen molar-refractivity contribution >= 4 is 57.4 Å². The van der Waals surface area contributed by atoms with Crippen LogP contribution in [0.25, 0.3) is 0 Å². The Morgan fingerprint density at radius 3 is 1.02 bits per heavy atom. The van der Waals surface area contributed by atoms with Crippen LogP contribution >= 0.6 is 0 Å². The molecular formula is C66H70N8O13. The molecule has 0 aliphatic carbocycles. The minimum Gasteiger partial charge on any atom is -0.508 e. The Kier molecular flexibility index (Phi) is 24.1. The molecule has 0 unspecified atom stereocenters. The average Bonchev–Trinajstić information content (AvgIpc) is 1.41. The molecule has 21 nitrogen and oxygen atoms in total. The van der Waals surface area contributed by atoms with Crippen molar-refractivity contribution in [2.75, 3.05) is 49.2 Å². The molecular weight excluding hydrogens is 1110 g/mol. The van der Waals surface area contributed by atoms with Gasteiger partial charge in [-0.3, -0.25) is 29.8 Å². The van der Waals surface area contributed by atoms with Crippen LogP contribution in [0, 0.1) is 20.2 Å². The molecule has 21 heteroatoms. The third kappa shape index (κ3) is 19.5. The number of rotatable bonds is 25. The number of aromatic hydroxyl groups is 4. The number of aliphatic hydroxyl groups is 1. The van der Waals surface area contributed by atoms with Gasteiger partial charge < -0.3 is 45.2 Å². The van der Waals surface area contributed by atoms with Crippen molar-refractivity contribution in [2.24, 2.45) is 20.5 Å². The average molecular weight is 1180 g/mol. The van der Waals surface area contributed by atoms with Gasteiger partial charge in [0.25, 0.3) is 11.4 Å². The molecule has 0 saturated heterocycles. The van der Waals surface area contributed by atoms with Crippen LogP contribution in [0.4, 0.5) is 45.5 Å². The number of carboxylic acids is 1. The SMILES string of the molecule is CC(CCC(=O)O)(c1ccc(O)cc1)c1ccc(O)cc1.CCN(CCO)c1ccc(N=Nc2ccc([N+](=O)[O-])cc2)cc1.CCN(CCOC(=O)CCC(C)(c1ccc(O)cc1)c1ccc(O)cc1)c1ccc(N=Nc2ccc([N+](=O)[O-])cc2)cc1. The number of phenols is 4. The summed E-state index contributed by atoms with van der Waals surface area (Å²) < 4.78 is 5.60. The van der Waals surface area contributed by atoms with Crippen LogP contribution in [0.15, 0.2) is 215 Å². The Morgan fingerprint density at radius 1 is 0.460 bits per heavy atom. The predicted octanol–water partition coefficient (Wildman–Crippen LogP) is 14.7. The molecule has 0 aliphatic rings. The number of hydrogen-bond donors (Lipinski definition) is 6. The van der Waals surface area contributed by atoms with E-state index >= 15 is 0 Å². The van der Waals surface area contributed by atoms with E-state index < -0.39 is 26.6 Å². The maximum absolute atomic E-state index is 12.8. The maximum Gasteiger partial charge on any atom is 0.305 e. The van der Waals surface area contributed by atoms with Crippen molar-refractivity contribution < 1.29 is 54.8 Å². The van der Waals surface area contributed by atoms with Gasteiger partial charge in [-0.05, 0) is 170 Å². The number of carboxylic acid groups (broad SMARTS) is 1. The number of carbonyl (C=O) groups is 2. The molecule has 87 heavy (non-hydrogen) atoms. The third-order valence-electron chi connectivity index (χ3n) is 14.6. The highest BCUT2D eigenvalue weighted by atomic mass is 16.6. The summed E-state index contributed by atoms with van der Waals surface area (Å²) in [5.41, 5.74) is 7.05.